The number of aliphatic carboxylic acids is 1. The summed E-state index contributed by atoms with van der Waals surface area (Å²) in [5, 5.41) is 9.21. The summed E-state index contributed by atoms with van der Waals surface area (Å²) >= 11 is 0. The van der Waals surface area contributed by atoms with Crippen LogP contribution in [-0.4, -0.2) is 11.1 Å². The minimum Gasteiger partial charge on any atom is -0.481 e. The van der Waals surface area contributed by atoms with Crippen LogP contribution in [0.2, 0.25) is 0 Å². The largest absolute Gasteiger partial charge is 0.481 e. The normalized spacial score (nSPS) is 12.2. The van der Waals surface area contributed by atoms with Crippen LogP contribution in [0.3, 0.4) is 0 Å². The van der Waals surface area contributed by atoms with Crippen molar-refractivity contribution in [3.63, 3.8) is 0 Å². The summed E-state index contributed by atoms with van der Waals surface area (Å²) in [5.41, 5.74) is 0.310. The summed E-state index contributed by atoms with van der Waals surface area (Å²) in [5.74, 6) is -4.04. The van der Waals surface area contributed by atoms with E-state index in [1.54, 1.807) is 0 Å². The second kappa shape index (κ2) is 5.77. The van der Waals surface area contributed by atoms with Gasteiger partial charge in [-0.05, 0) is 47.9 Å². The maximum atomic E-state index is 13.6. The van der Waals surface area contributed by atoms with E-state index in [1.165, 1.54) is 12.1 Å². The first-order chi connectivity index (χ1) is 9.47. The Kier molecular flexibility index (Phi) is 4.08. The fourth-order valence-corrected chi connectivity index (χ4v) is 1.96. The zero-order valence-corrected chi connectivity index (χ0v) is 10.3. The molecule has 0 radical (unpaired) electrons. The maximum Gasteiger partial charge on any atom is 0.311 e. The summed E-state index contributed by atoms with van der Waals surface area (Å²) in [6, 6.07) is 7.80. The third-order valence-corrected chi connectivity index (χ3v) is 3.00. The van der Waals surface area contributed by atoms with Crippen LogP contribution in [0, 0.1) is 17.5 Å². The molecule has 20 heavy (non-hydrogen) atoms. The van der Waals surface area contributed by atoms with Gasteiger partial charge in [0, 0.05) is 0 Å². The highest BCUT2D eigenvalue weighted by Crippen LogP contribution is 2.23. The first-order valence-electron chi connectivity index (χ1n) is 5.89. The van der Waals surface area contributed by atoms with Gasteiger partial charge in [0.25, 0.3) is 0 Å². The molecular weight excluding hydrogens is 269 g/mol. The zero-order valence-electron chi connectivity index (χ0n) is 10.3. The van der Waals surface area contributed by atoms with Crippen LogP contribution in [-0.2, 0) is 11.2 Å². The fourth-order valence-electron chi connectivity index (χ4n) is 1.96. The van der Waals surface area contributed by atoms with E-state index >= 15 is 0 Å². The summed E-state index contributed by atoms with van der Waals surface area (Å²) in [6.45, 7) is 0. The Balaban J connectivity index is 2.32. The molecule has 0 bridgehead atoms. The van der Waals surface area contributed by atoms with Crippen molar-refractivity contribution >= 4 is 5.97 Å². The third kappa shape index (κ3) is 3.17. The molecule has 2 rings (SSSR count). The van der Waals surface area contributed by atoms with Crippen LogP contribution >= 0.6 is 0 Å². The standard InChI is InChI=1S/C15H11F3O2/c16-11-3-1-9(2-4-11)13(15(19)20)8-10-7-12(17)5-6-14(10)18/h1-7,13H,8H2,(H,19,20). The van der Waals surface area contributed by atoms with Crippen LogP contribution < -0.4 is 0 Å². The Morgan fingerprint density at radius 3 is 2.20 bits per heavy atom. The van der Waals surface area contributed by atoms with Crippen molar-refractivity contribution in [2.45, 2.75) is 12.3 Å². The number of halogens is 3. The van der Waals surface area contributed by atoms with Gasteiger partial charge >= 0.3 is 5.97 Å². The molecule has 0 saturated carbocycles. The molecule has 5 heteroatoms. The number of rotatable bonds is 4. The van der Waals surface area contributed by atoms with Crippen molar-refractivity contribution in [2.24, 2.45) is 0 Å². The second-order valence-corrected chi connectivity index (χ2v) is 4.38. The lowest BCUT2D eigenvalue weighted by molar-refractivity contribution is -0.138. The molecule has 0 spiro atoms. The molecular formula is C15H11F3O2. The lowest BCUT2D eigenvalue weighted by atomic mass is 9.92. The number of carboxylic acid groups (broad SMARTS) is 1. The van der Waals surface area contributed by atoms with Crippen molar-refractivity contribution in [1.82, 2.24) is 0 Å². The van der Waals surface area contributed by atoms with Crippen molar-refractivity contribution in [1.29, 1.82) is 0 Å². The smallest absolute Gasteiger partial charge is 0.311 e. The highest BCUT2D eigenvalue weighted by atomic mass is 19.1. The highest BCUT2D eigenvalue weighted by molar-refractivity contribution is 5.76. The molecule has 2 aromatic carbocycles. The quantitative estimate of drug-likeness (QED) is 0.930. The number of benzene rings is 2. The monoisotopic (exact) mass is 280 g/mol. The van der Waals surface area contributed by atoms with Gasteiger partial charge in [-0.2, -0.15) is 0 Å². The van der Waals surface area contributed by atoms with Crippen molar-refractivity contribution in [3.8, 4) is 0 Å². The molecule has 0 heterocycles. The topological polar surface area (TPSA) is 37.3 Å². The Morgan fingerprint density at radius 2 is 1.60 bits per heavy atom. The molecule has 1 N–H and O–H groups in total. The van der Waals surface area contributed by atoms with Gasteiger partial charge in [-0.25, -0.2) is 13.2 Å². The molecule has 2 nitrogen and oxygen atoms in total. The minimum atomic E-state index is -1.18. The van der Waals surface area contributed by atoms with Gasteiger partial charge in [0.15, 0.2) is 0 Å². The van der Waals surface area contributed by atoms with Gasteiger partial charge in [0.05, 0.1) is 5.92 Å². The molecule has 1 unspecified atom stereocenters. The van der Waals surface area contributed by atoms with Gasteiger partial charge in [-0.15, -0.1) is 0 Å². The number of carboxylic acids is 1. The molecule has 104 valence electrons. The molecule has 0 aliphatic carbocycles. The van der Waals surface area contributed by atoms with Crippen molar-refractivity contribution < 1.29 is 23.1 Å². The predicted octanol–water partition coefficient (Wildman–Crippen LogP) is 3.51. The summed E-state index contributed by atoms with van der Waals surface area (Å²) in [6.07, 6.45) is -0.204. The van der Waals surface area contributed by atoms with Crippen LogP contribution in [0.1, 0.15) is 17.0 Å². The lowest BCUT2D eigenvalue weighted by Gasteiger charge is -2.13. The van der Waals surface area contributed by atoms with E-state index < -0.39 is 29.3 Å². The van der Waals surface area contributed by atoms with Gasteiger partial charge in [0.1, 0.15) is 17.5 Å². The van der Waals surface area contributed by atoms with E-state index in [1.807, 2.05) is 0 Å². The Hall–Kier alpha value is -2.30. The summed E-state index contributed by atoms with van der Waals surface area (Å²) in [7, 11) is 0. The first kappa shape index (κ1) is 14.1. The van der Waals surface area contributed by atoms with Crippen LogP contribution in [0.5, 0.6) is 0 Å². The Bertz CT molecular complexity index is 624. The Labute approximate surface area is 113 Å². The van der Waals surface area contributed by atoms with E-state index in [2.05, 4.69) is 0 Å². The molecule has 2 aromatic rings. The first-order valence-corrected chi connectivity index (χ1v) is 5.89. The van der Waals surface area contributed by atoms with Crippen LogP contribution in [0.4, 0.5) is 13.2 Å². The predicted molar refractivity (Wildman–Crippen MR) is 66.8 cm³/mol. The lowest BCUT2D eigenvalue weighted by Crippen LogP contribution is -2.15. The molecule has 0 fully saturated rings. The molecule has 0 aliphatic heterocycles. The number of carbonyl (C=O) groups is 1. The molecule has 0 saturated heterocycles. The molecule has 1 atom stereocenters. The van der Waals surface area contributed by atoms with Gasteiger partial charge in [-0.1, -0.05) is 12.1 Å². The van der Waals surface area contributed by atoms with Gasteiger partial charge in [-0.3, -0.25) is 4.79 Å². The maximum absolute atomic E-state index is 13.6. The van der Waals surface area contributed by atoms with Crippen LogP contribution in [0.25, 0.3) is 0 Å². The van der Waals surface area contributed by atoms with E-state index in [0.29, 0.717) is 5.56 Å². The highest BCUT2D eigenvalue weighted by Gasteiger charge is 2.22. The molecule has 0 aromatic heterocycles. The van der Waals surface area contributed by atoms with E-state index in [0.717, 1.165) is 30.3 Å². The van der Waals surface area contributed by atoms with Crippen molar-refractivity contribution in [2.75, 3.05) is 0 Å². The number of hydrogen-bond acceptors (Lipinski definition) is 1. The summed E-state index contributed by atoms with van der Waals surface area (Å²) < 4.78 is 39.5. The van der Waals surface area contributed by atoms with E-state index in [4.69, 9.17) is 0 Å². The van der Waals surface area contributed by atoms with E-state index in [-0.39, 0.29) is 12.0 Å². The average molecular weight is 280 g/mol. The zero-order chi connectivity index (χ0) is 14.7. The number of hydrogen-bond donors (Lipinski definition) is 1. The second-order valence-electron chi connectivity index (χ2n) is 4.38. The summed E-state index contributed by atoms with van der Waals surface area (Å²) in [4.78, 5) is 11.3. The third-order valence-electron chi connectivity index (χ3n) is 3.00. The van der Waals surface area contributed by atoms with Gasteiger partial charge in [0.2, 0.25) is 0 Å². The molecule has 0 aliphatic rings. The fraction of sp³-hybridized carbons (Fsp3) is 0.133. The SMILES string of the molecule is O=C(O)C(Cc1cc(F)ccc1F)c1ccc(F)cc1. The van der Waals surface area contributed by atoms with Crippen LogP contribution in [0.15, 0.2) is 42.5 Å². The molecule has 0 amide bonds. The average Bonchev–Trinajstić information content (AvgIpc) is 2.40. The van der Waals surface area contributed by atoms with E-state index in [9.17, 15) is 23.1 Å². The Morgan fingerprint density at radius 1 is 1.00 bits per heavy atom. The van der Waals surface area contributed by atoms with Crippen molar-refractivity contribution in [3.05, 3.63) is 71.0 Å². The van der Waals surface area contributed by atoms with Gasteiger partial charge < -0.3 is 5.11 Å². The minimum absolute atomic E-state index is 0.0262.